The number of phenols is 1. The monoisotopic (exact) mass is 248 g/mol. The molecule has 1 heterocycles. The first-order valence-electron chi connectivity index (χ1n) is 6.34. The number of hydrogen-bond donors (Lipinski definition) is 1. The Hall–Kier alpha value is -2.42. The van der Waals surface area contributed by atoms with Crippen molar-refractivity contribution >= 4 is 10.8 Å². The fourth-order valence-corrected chi connectivity index (χ4v) is 2.69. The molecule has 0 aromatic heterocycles. The Balaban J connectivity index is 2.15. The molecule has 2 atom stereocenters. The predicted molar refractivity (Wildman–Crippen MR) is 73.8 cm³/mol. The molecule has 92 valence electrons. The summed E-state index contributed by atoms with van der Waals surface area (Å²) in [4.78, 5) is 9.48. The zero-order chi connectivity index (χ0) is 12.8. The zero-order valence-corrected chi connectivity index (χ0v) is 10.2. The molecule has 2 aromatic carbocycles. The molecule has 0 saturated heterocycles. The molecular formula is C16H12N2O. The average Bonchev–Trinajstić information content (AvgIpc) is 2.46. The number of hydrogen-bond acceptors (Lipinski definition) is 3. The minimum atomic E-state index is 0.0538. The van der Waals surface area contributed by atoms with E-state index in [0.29, 0.717) is 0 Å². The van der Waals surface area contributed by atoms with Crippen LogP contribution in [0, 0.1) is 0 Å². The zero-order valence-electron chi connectivity index (χ0n) is 10.2. The maximum Gasteiger partial charge on any atom is 0.125 e. The summed E-state index contributed by atoms with van der Waals surface area (Å²) in [5.41, 5.74) is 0. The quantitative estimate of drug-likeness (QED) is 0.757. The van der Waals surface area contributed by atoms with Crippen LogP contribution in [0.1, 0.15) is 0 Å². The van der Waals surface area contributed by atoms with Crippen LogP contribution in [0.15, 0.2) is 64.6 Å². The maximum absolute atomic E-state index is 10.1. The first kappa shape index (κ1) is 10.5. The summed E-state index contributed by atoms with van der Waals surface area (Å²) in [6, 6.07) is 9.60. The number of benzene rings is 2. The smallest absolute Gasteiger partial charge is 0.125 e. The molecule has 0 saturated carbocycles. The standard InChI is InChI=1S/C16H12N2O/c19-15-9-14-16(11-6-2-1-5-10(11)15)18-13-8-4-3-7-12(13)17-14/h1-9,12-13,19H. The lowest BCUT2D eigenvalue weighted by Crippen LogP contribution is -2.38. The lowest BCUT2D eigenvalue weighted by Gasteiger charge is -2.20. The van der Waals surface area contributed by atoms with Gasteiger partial charge in [-0.3, -0.25) is 9.98 Å². The summed E-state index contributed by atoms with van der Waals surface area (Å²) in [5, 5.41) is 13.5. The first-order chi connectivity index (χ1) is 9.33. The topological polar surface area (TPSA) is 45.0 Å². The van der Waals surface area contributed by atoms with Gasteiger partial charge in [0.25, 0.3) is 0 Å². The SMILES string of the molecule is Oc1cc2c(c3ccccc13)=NC1C=CC=CC1N=2. The molecule has 0 bridgehead atoms. The highest BCUT2D eigenvalue weighted by atomic mass is 16.3. The van der Waals surface area contributed by atoms with Crippen LogP contribution in [0.3, 0.4) is 0 Å². The van der Waals surface area contributed by atoms with E-state index in [4.69, 9.17) is 4.99 Å². The van der Waals surface area contributed by atoms with E-state index >= 15 is 0 Å². The minimum absolute atomic E-state index is 0.0538. The summed E-state index contributed by atoms with van der Waals surface area (Å²) in [6.07, 6.45) is 8.11. The highest BCUT2D eigenvalue weighted by Gasteiger charge is 2.20. The van der Waals surface area contributed by atoms with E-state index in [0.717, 1.165) is 21.5 Å². The number of nitrogens with zero attached hydrogens (tertiary/aromatic N) is 2. The molecule has 1 N–H and O–H groups in total. The molecule has 2 aliphatic rings. The van der Waals surface area contributed by atoms with Gasteiger partial charge in [0.05, 0.1) is 22.8 Å². The molecule has 0 radical (unpaired) electrons. The molecule has 19 heavy (non-hydrogen) atoms. The maximum atomic E-state index is 10.1. The van der Waals surface area contributed by atoms with E-state index in [-0.39, 0.29) is 17.8 Å². The van der Waals surface area contributed by atoms with E-state index in [9.17, 15) is 5.11 Å². The van der Waals surface area contributed by atoms with Crippen molar-refractivity contribution in [2.24, 2.45) is 9.98 Å². The Bertz CT molecular complexity index is 849. The molecule has 2 aromatic rings. The van der Waals surface area contributed by atoms with Gasteiger partial charge in [-0.2, -0.15) is 0 Å². The van der Waals surface area contributed by atoms with Gasteiger partial charge in [-0.15, -0.1) is 0 Å². The van der Waals surface area contributed by atoms with Crippen molar-refractivity contribution in [1.29, 1.82) is 0 Å². The van der Waals surface area contributed by atoms with Crippen LogP contribution < -0.4 is 10.7 Å². The number of rotatable bonds is 0. The van der Waals surface area contributed by atoms with Crippen LogP contribution >= 0.6 is 0 Å². The van der Waals surface area contributed by atoms with Crippen molar-refractivity contribution in [2.45, 2.75) is 12.1 Å². The van der Waals surface area contributed by atoms with Crippen molar-refractivity contribution in [3.05, 3.63) is 65.4 Å². The Kier molecular flexibility index (Phi) is 2.09. The van der Waals surface area contributed by atoms with Crippen LogP contribution in [0.4, 0.5) is 0 Å². The second kappa shape index (κ2) is 3.79. The second-order valence-electron chi connectivity index (χ2n) is 4.82. The van der Waals surface area contributed by atoms with Gasteiger partial charge in [0.15, 0.2) is 0 Å². The highest BCUT2D eigenvalue weighted by molar-refractivity contribution is 5.87. The third-order valence-electron chi connectivity index (χ3n) is 3.62. The highest BCUT2D eigenvalue weighted by Crippen LogP contribution is 2.21. The van der Waals surface area contributed by atoms with E-state index < -0.39 is 0 Å². The van der Waals surface area contributed by atoms with E-state index in [2.05, 4.69) is 11.1 Å². The summed E-state index contributed by atoms with van der Waals surface area (Å²) < 4.78 is 0. The summed E-state index contributed by atoms with van der Waals surface area (Å²) in [5.74, 6) is 0.266. The fourth-order valence-electron chi connectivity index (χ4n) is 2.69. The third-order valence-corrected chi connectivity index (χ3v) is 3.62. The van der Waals surface area contributed by atoms with Gasteiger partial charge in [-0.05, 0) is 0 Å². The number of fused-ring (bicyclic) bond motifs is 4. The van der Waals surface area contributed by atoms with Gasteiger partial charge >= 0.3 is 0 Å². The third kappa shape index (κ3) is 1.51. The Labute approximate surface area is 109 Å². The van der Waals surface area contributed by atoms with Gasteiger partial charge in [0, 0.05) is 16.8 Å². The average molecular weight is 248 g/mol. The number of aromatic hydroxyl groups is 1. The van der Waals surface area contributed by atoms with Crippen LogP contribution in [-0.4, -0.2) is 17.2 Å². The molecular weight excluding hydrogens is 236 g/mol. The molecule has 0 fully saturated rings. The largest absolute Gasteiger partial charge is 0.507 e. The molecule has 2 unspecified atom stereocenters. The first-order valence-corrected chi connectivity index (χ1v) is 6.34. The van der Waals surface area contributed by atoms with Gasteiger partial charge in [0.2, 0.25) is 0 Å². The molecule has 1 aliphatic heterocycles. The lowest BCUT2D eigenvalue weighted by molar-refractivity contribution is 0.480. The number of phenolic OH excluding ortho intramolecular Hbond substituents is 1. The van der Waals surface area contributed by atoms with Crippen molar-refractivity contribution in [2.75, 3.05) is 0 Å². The normalized spacial score (nSPS) is 23.4. The van der Waals surface area contributed by atoms with Crippen molar-refractivity contribution < 1.29 is 5.11 Å². The van der Waals surface area contributed by atoms with Crippen molar-refractivity contribution in [3.63, 3.8) is 0 Å². The second-order valence-corrected chi connectivity index (χ2v) is 4.82. The van der Waals surface area contributed by atoms with E-state index in [1.165, 1.54) is 0 Å². The molecule has 3 heteroatoms. The lowest BCUT2D eigenvalue weighted by atomic mass is 10.0. The van der Waals surface area contributed by atoms with Gasteiger partial charge in [-0.25, -0.2) is 0 Å². The number of allylic oxidation sites excluding steroid dienone is 2. The van der Waals surface area contributed by atoms with Gasteiger partial charge < -0.3 is 5.11 Å². The molecule has 3 nitrogen and oxygen atoms in total. The molecule has 1 aliphatic carbocycles. The van der Waals surface area contributed by atoms with E-state index in [1.54, 1.807) is 6.07 Å². The Morgan fingerprint density at radius 3 is 2.37 bits per heavy atom. The van der Waals surface area contributed by atoms with Crippen LogP contribution in [0.25, 0.3) is 10.8 Å². The predicted octanol–water partition coefficient (Wildman–Crippen LogP) is 1.66. The summed E-state index contributed by atoms with van der Waals surface area (Å²) in [6.45, 7) is 0. The van der Waals surface area contributed by atoms with E-state index in [1.807, 2.05) is 42.5 Å². The fraction of sp³-hybridized carbons (Fsp3) is 0.125. The van der Waals surface area contributed by atoms with Crippen LogP contribution in [-0.2, 0) is 0 Å². The molecule has 0 amide bonds. The molecule has 0 spiro atoms. The Morgan fingerprint density at radius 2 is 1.58 bits per heavy atom. The summed E-state index contributed by atoms with van der Waals surface area (Å²) >= 11 is 0. The van der Waals surface area contributed by atoms with Crippen molar-refractivity contribution in [3.8, 4) is 5.75 Å². The van der Waals surface area contributed by atoms with Gasteiger partial charge in [0.1, 0.15) is 5.75 Å². The Morgan fingerprint density at radius 1 is 0.895 bits per heavy atom. The molecule has 4 rings (SSSR count). The minimum Gasteiger partial charge on any atom is -0.507 e. The summed E-state index contributed by atoms with van der Waals surface area (Å²) in [7, 11) is 0. The van der Waals surface area contributed by atoms with Crippen molar-refractivity contribution in [1.82, 2.24) is 0 Å². The van der Waals surface area contributed by atoms with Crippen LogP contribution in [0.5, 0.6) is 5.75 Å². The van der Waals surface area contributed by atoms with Gasteiger partial charge in [-0.1, -0.05) is 48.6 Å². The van der Waals surface area contributed by atoms with Crippen LogP contribution in [0.2, 0.25) is 0 Å².